The van der Waals surface area contributed by atoms with Gasteiger partial charge in [0, 0.05) is 35.7 Å². The summed E-state index contributed by atoms with van der Waals surface area (Å²) in [5.74, 6) is -0.109. The number of hydrogen-bond acceptors (Lipinski definition) is 6. The minimum absolute atomic E-state index is 0.170. The van der Waals surface area contributed by atoms with Gasteiger partial charge in [0.15, 0.2) is 6.29 Å². The van der Waals surface area contributed by atoms with Crippen molar-refractivity contribution in [3.63, 3.8) is 0 Å². The van der Waals surface area contributed by atoms with Gasteiger partial charge in [-0.1, -0.05) is 54.2 Å². The minimum atomic E-state index is -0.879. The molecule has 170 valence electrons. The molecule has 1 atom stereocenters. The largest absolute Gasteiger partial charge is 0.478 e. The third-order valence-electron chi connectivity index (χ3n) is 3.83. The summed E-state index contributed by atoms with van der Waals surface area (Å²) in [6.07, 6.45) is 2.71. The zero-order valence-corrected chi connectivity index (χ0v) is 19.7. The topological polar surface area (TPSA) is 76.0 Å². The van der Waals surface area contributed by atoms with Crippen molar-refractivity contribution in [1.82, 2.24) is 0 Å². The Hall–Kier alpha value is -1.77. The normalized spacial score (nSPS) is 11.9. The molecule has 0 heterocycles. The van der Waals surface area contributed by atoms with Gasteiger partial charge in [-0.3, -0.25) is 0 Å². The summed E-state index contributed by atoms with van der Waals surface area (Å²) >= 11 is 3.45. The maximum absolute atomic E-state index is 10.2. The number of thioether (sulfide) groups is 2. The summed E-state index contributed by atoms with van der Waals surface area (Å²) in [5, 5.41) is 20.0. The van der Waals surface area contributed by atoms with Gasteiger partial charge < -0.3 is 19.7 Å². The highest BCUT2D eigenvalue weighted by Crippen LogP contribution is 2.23. The number of carbonyl (C=O) groups is 1. The van der Waals surface area contributed by atoms with Crippen LogP contribution in [0.2, 0.25) is 0 Å². The Labute approximate surface area is 193 Å². The molecular weight excluding hydrogens is 432 g/mol. The van der Waals surface area contributed by atoms with Gasteiger partial charge in [0.1, 0.15) is 0 Å². The van der Waals surface area contributed by atoms with E-state index >= 15 is 0 Å². The Bertz CT molecular complexity index is 719. The molecule has 0 aliphatic heterocycles. The van der Waals surface area contributed by atoms with E-state index in [0.29, 0.717) is 18.8 Å². The second-order valence-corrected chi connectivity index (χ2v) is 8.41. The average Bonchev–Trinajstić information content (AvgIpc) is 2.79. The highest BCUT2D eigenvalue weighted by atomic mass is 32.2. The van der Waals surface area contributed by atoms with Gasteiger partial charge in [-0.05, 0) is 49.9 Å². The average molecular weight is 465 g/mol. The van der Waals surface area contributed by atoms with E-state index in [9.17, 15) is 9.90 Å². The molecule has 2 aromatic carbocycles. The van der Waals surface area contributed by atoms with E-state index in [4.69, 9.17) is 14.6 Å². The molecule has 0 radical (unpaired) electrons. The molecular formula is C24H32O5S2. The minimum Gasteiger partial charge on any atom is -0.478 e. The number of ether oxygens (including phenoxy) is 2. The Morgan fingerprint density at radius 3 is 2.06 bits per heavy atom. The molecule has 7 heteroatoms. The van der Waals surface area contributed by atoms with Crippen LogP contribution >= 0.6 is 23.5 Å². The molecule has 0 fully saturated rings. The van der Waals surface area contributed by atoms with Crippen LogP contribution in [0.15, 0.2) is 77.0 Å². The first-order chi connectivity index (χ1) is 15.1. The van der Waals surface area contributed by atoms with Crippen molar-refractivity contribution in [2.45, 2.75) is 36.7 Å². The fourth-order valence-corrected chi connectivity index (χ4v) is 4.26. The maximum atomic E-state index is 10.2. The lowest BCUT2D eigenvalue weighted by molar-refractivity contribution is -0.120. The lowest BCUT2D eigenvalue weighted by Crippen LogP contribution is -2.21. The summed E-state index contributed by atoms with van der Waals surface area (Å²) in [5.41, 5.74) is 0.331. The molecule has 0 aromatic heterocycles. The van der Waals surface area contributed by atoms with Gasteiger partial charge in [0.2, 0.25) is 0 Å². The van der Waals surface area contributed by atoms with E-state index in [1.54, 1.807) is 53.9 Å². The van der Waals surface area contributed by atoms with Crippen LogP contribution in [-0.2, 0) is 9.47 Å². The monoisotopic (exact) mass is 464 g/mol. The number of hydrogen-bond donors (Lipinski definition) is 2. The fourth-order valence-electron chi connectivity index (χ4n) is 2.37. The van der Waals surface area contributed by atoms with Crippen molar-refractivity contribution in [3.05, 3.63) is 77.7 Å². The smallest absolute Gasteiger partial charge is 0.335 e. The number of benzene rings is 2. The van der Waals surface area contributed by atoms with Gasteiger partial charge >= 0.3 is 5.97 Å². The van der Waals surface area contributed by atoms with E-state index < -0.39 is 5.97 Å². The second-order valence-electron chi connectivity index (χ2n) is 6.15. The van der Waals surface area contributed by atoms with Crippen LogP contribution in [0.4, 0.5) is 0 Å². The molecule has 0 saturated carbocycles. The van der Waals surface area contributed by atoms with E-state index in [1.807, 2.05) is 32.0 Å². The fraction of sp³-hybridized carbons (Fsp3) is 0.375. The Balaban J connectivity index is 0.000000442. The first-order valence-electron chi connectivity index (χ1n) is 10.2. The molecule has 5 nitrogen and oxygen atoms in total. The van der Waals surface area contributed by atoms with Crippen LogP contribution in [0.25, 0.3) is 0 Å². The molecule has 31 heavy (non-hydrogen) atoms. The van der Waals surface area contributed by atoms with Crippen molar-refractivity contribution in [2.24, 2.45) is 0 Å². The number of carboxylic acid groups (broad SMARTS) is 1. The van der Waals surface area contributed by atoms with Crippen LogP contribution in [0, 0.1) is 0 Å². The third kappa shape index (κ3) is 13.3. The maximum Gasteiger partial charge on any atom is 0.335 e. The molecule has 0 spiro atoms. The highest BCUT2D eigenvalue weighted by Gasteiger charge is 2.12. The molecule has 0 saturated heterocycles. The summed E-state index contributed by atoms with van der Waals surface area (Å²) < 4.78 is 11.1. The Kier molecular flexibility index (Phi) is 15.7. The van der Waals surface area contributed by atoms with Crippen LogP contribution in [0.1, 0.15) is 30.6 Å². The van der Waals surface area contributed by atoms with E-state index in [-0.39, 0.29) is 18.1 Å². The second kappa shape index (κ2) is 17.9. The van der Waals surface area contributed by atoms with Crippen molar-refractivity contribution in [3.8, 4) is 0 Å². The van der Waals surface area contributed by atoms with Crippen LogP contribution in [-0.4, -0.2) is 53.3 Å². The van der Waals surface area contributed by atoms with Gasteiger partial charge in [-0.15, -0.1) is 11.8 Å². The summed E-state index contributed by atoms with van der Waals surface area (Å²) in [7, 11) is 0. The lowest BCUT2D eigenvalue weighted by atomic mass is 10.2. The first kappa shape index (κ1) is 27.3. The van der Waals surface area contributed by atoms with E-state index in [0.717, 1.165) is 12.2 Å². The van der Waals surface area contributed by atoms with Crippen molar-refractivity contribution < 1.29 is 24.5 Å². The summed E-state index contributed by atoms with van der Waals surface area (Å²) in [6, 6.07) is 18.5. The molecule has 0 amide bonds. The van der Waals surface area contributed by atoms with Crippen molar-refractivity contribution in [2.75, 3.05) is 25.6 Å². The molecule has 1 unspecified atom stereocenters. The predicted octanol–water partition coefficient (Wildman–Crippen LogP) is 5.56. The SMILES string of the molecule is CCOC(CSC(C=CSc1ccccc1)CCO)OCC.O=C(O)c1ccccc1. The number of aromatic carboxylic acids is 1. The van der Waals surface area contributed by atoms with Gasteiger partial charge in [-0.2, -0.15) is 0 Å². The number of rotatable bonds is 13. The number of carboxylic acids is 1. The zero-order chi connectivity index (χ0) is 22.7. The number of aliphatic hydroxyl groups is 1. The highest BCUT2D eigenvalue weighted by molar-refractivity contribution is 8.02. The van der Waals surface area contributed by atoms with Crippen LogP contribution in [0.3, 0.4) is 0 Å². The lowest BCUT2D eigenvalue weighted by Gasteiger charge is -2.19. The zero-order valence-electron chi connectivity index (χ0n) is 18.1. The Morgan fingerprint density at radius 2 is 1.58 bits per heavy atom. The molecule has 0 aliphatic rings. The molecule has 2 aromatic rings. The summed E-state index contributed by atoms with van der Waals surface area (Å²) in [6.45, 7) is 5.42. The standard InChI is InChI=1S/C17H26O3S2.C7H6O2/c1-3-19-17(20-4-2)14-22-16(10-12-18)11-13-21-15-8-6-5-7-9-15;8-7(9)6-4-2-1-3-5-6/h5-9,11,13,16-18H,3-4,10,12,14H2,1-2H3;1-5H,(H,8,9). The van der Waals surface area contributed by atoms with Gasteiger partial charge in [-0.25, -0.2) is 4.79 Å². The van der Waals surface area contributed by atoms with Gasteiger partial charge in [0.05, 0.1) is 5.56 Å². The van der Waals surface area contributed by atoms with E-state index in [2.05, 4.69) is 23.6 Å². The van der Waals surface area contributed by atoms with Crippen LogP contribution in [0.5, 0.6) is 0 Å². The molecule has 2 rings (SSSR count). The quantitative estimate of drug-likeness (QED) is 0.297. The molecule has 2 N–H and O–H groups in total. The third-order valence-corrected chi connectivity index (χ3v) is 5.95. The molecule has 0 aliphatic carbocycles. The summed E-state index contributed by atoms with van der Waals surface area (Å²) in [4.78, 5) is 11.4. The predicted molar refractivity (Wildman–Crippen MR) is 130 cm³/mol. The van der Waals surface area contributed by atoms with Gasteiger partial charge in [0.25, 0.3) is 0 Å². The first-order valence-corrected chi connectivity index (χ1v) is 12.2. The van der Waals surface area contributed by atoms with E-state index in [1.165, 1.54) is 4.90 Å². The molecule has 0 bridgehead atoms. The van der Waals surface area contributed by atoms with Crippen molar-refractivity contribution in [1.29, 1.82) is 0 Å². The van der Waals surface area contributed by atoms with Crippen molar-refractivity contribution >= 4 is 29.5 Å². The Morgan fingerprint density at radius 1 is 1.00 bits per heavy atom. The number of aliphatic hydroxyl groups excluding tert-OH is 1. The van der Waals surface area contributed by atoms with Crippen LogP contribution < -0.4 is 0 Å².